The van der Waals surface area contributed by atoms with Crippen LogP contribution in [0, 0.1) is 0 Å². The van der Waals surface area contributed by atoms with Gasteiger partial charge in [-0.15, -0.1) is 0 Å². The van der Waals surface area contributed by atoms with E-state index in [1.807, 2.05) is 26.0 Å². The average Bonchev–Trinajstić information content (AvgIpc) is 2.38. The van der Waals surface area contributed by atoms with Gasteiger partial charge in [0.05, 0.1) is 19.4 Å². The molecule has 0 saturated heterocycles. The van der Waals surface area contributed by atoms with Crippen molar-refractivity contribution in [2.24, 2.45) is 0 Å². The molecule has 0 aliphatic heterocycles. The average molecular weight is 364 g/mol. The van der Waals surface area contributed by atoms with Crippen molar-refractivity contribution in [2.75, 3.05) is 13.2 Å². The van der Waals surface area contributed by atoms with Crippen LogP contribution in [0.5, 0.6) is 5.75 Å². The Morgan fingerprint density at radius 3 is 1.60 bits per heavy atom. The first-order valence-electron chi connectivity index (χ1n) is 8.59. The van der Waals surface area contributed by atoms with Gasteiger partial charge in [-0.2, -0.15) is 0 Å². The number of phenols is 1. The summed E-state index contributed by atoms with van der Waals surface area (Å²) in [4.78, 5) is 0. The van der Waals surface area contributed by atoms with Gasteiger partial charge >= 0.3 is 26.5 Å². The fraction of sp³-hybridized carbons (Fsp3) is 0.684. The van der Waals surface area contributed by atoms with E-state index in [2.05, 4.69) is 41.5 Å². The third kappa shape index (κ3) is 6.78. The molecule has 0 aliphatic carbocycles. The number of rotatable bonds is 6. The molecule has 0 heterocycles. The topological polar surface area (TPSA) is 55.8 Å². The fourth-order valence-corrected chi connectivity index (χ4v) is 4.35. The molecular weight excluding hydrogens is 330 g/mol. The predicted molar refractivity (Wildman–Crippen MR) is 101 cm³/mol. The van der Waals surface area contributed by atoms with Crippen molar-refractivity contribution in [1.82, 2.24) is 0 Å². The third-order valence-corrected chi connectivity index (χ3v) is 5.87. The Labute approximate surface area is 166 Å². The van der Waals surface area contributed by atoms with Crippen molar-refractivity contribution in [2.45, 2.75) is 72.4 Å². The van der Waals surface area contributed by atoms with Crippen molar-refractivity contribution in [1.29, 1.82) is 0 Å². The van der Waals surface area contributed by atoms with Crippen LogP contribution in [0.15, 0.2) is 12.1 Å². The minimum atomic E-state index is -3.18. The Bertz CT molecular complexity index is 576. The maximum Gasteiger partial charge on any atom is 1.00 e. The van der Waals surface area contributed by atoms with E-state index in [0.29, 0.717) is 19.0 Å². The van der Waals surface area contributed by atoms with E-state index in [0.717, 1.165) is 16.7 Å². The monoisotopic (exact) mass is 364 g/mol. The van der Waals surface area contributed by atoms with Crippen LogP contribution < -0.4 is 18.9 Å². The van der Waals surface area contributed by atoms with Gasteiger partial charge < -0.3 is 15.6 Å². The Balaban J connectivity index is 0. The summed E-state index contributed by atoms with van der Waals surface area (Å²) in [5.74, 6) is 0.321. The molecular formula is C19H34LiO4P. The standard InChI is InChI=1S/C19H33O4P.Li.H/c1-9-22-24(21,23-10-2)13-14-11-15(18(3,4)5)17(20)16(12-14)19(6,7)8;;/h11-12,20H,9-10,13H2,1-8H3;;/q;+1;-1. The second-order valence-electron chi connectivity index (χ2n) is 8.14. The zero-order valence-corrected chi connectivity index (χ0v) is 18.3. The summed E-state index contributed by atoms with van der Waals surface area (Å²) < 4.78 is 23.7. The molecule has 0 bridgehead atoms. The van der Waals surface area contributed by atoms with Crippen molar-refractivity contribution in [3.63, 3.8) is 0 Å². The summed E-state index contributed by atoms with van der Waals surface area (Å²) in [6.07, 6.45) is 0.209. The van der Waals surface area contributed by atoms with Crippen LogP contribution in [0.4, 0.5) is 0 Å². The van der Waals surface area contributed by atoms with Crippen molar-refractivity contribution < 1.29 is 39.0 Å². The maximum atomic E-state index is 12.9. The molecule has 1 N–H and O–H groups in total. The first-order valence-corrected chi connectivity index (χ1v) is 10.3. The minimum Gasteiger partial charge on any atom is -1.00 e. The first kappa shape index (κ1) is 24.8. The third-order valence-electron chi connectivity index (χ3n) is 3.81. The first-order chi connectivity index (χ1) is 10.8. The molecule has 1 rings (SSSR count). The number of aromatic hydroxyl groups is 1. The number of phenolic OH excluding ortho intramolecular Hbond substituents is 1. The predicted octanol–water partition coefficient (Wildman–Crippen LogP) is 2.87. The molecule has 4 nitrogen and oxygen atoms in total. The molecule has 0 aromatic heterocycles. The molecule has 0 fully saturated rings. The molecule has 0 spiro atoms. The van der Waals surface area contributed by atoms with Gasteiger partial charge in [0.15, 0.2) is 0 Å². The maximum absolute atomic E-state index is 12.9. The van der Waals surface area contributed by atoms with Gasteiger partial charge in [-0.3, -0.25) is 4.57 Å². The van der Waals surface area contributed by atoms with Crippen molar-refractivity contribution in [3.8, 4) is 5.75 Å². The van der Waals surface area contributed by atoms with Gasteiger partial charge in [0.25, 0.3) is 0 Å². The summed E-state index contributed by atoms with van der Waals surface area (Å²) in [6.45, 7) is 16.7. The Morgan fingerprint density at radius 1 is 0.960 bits per heavy atom. The fourth-order valence-electron chi connectivity index (χ4n) is 2.67. The van der Waals surface area contributed by atoms with E-state index in [4.69, 9.17) is 9.05 Å². The van der Waals surface area contributed by atoms with Crippen LogP contribution in [-0.4, -0.2) is 18.3 Å². The normalized spacial score (nSPS) is 12.8. The summed E-state index contributed by atoms with van der Waals surface area (Å²) >= 11 is 0. The molecule has 0 radical (unpaired) electrons. The van der Waals surface area contributed by atoms with E-state index < -0.39 is 7.60 Å². The second kappa shape index (κ2) is 9.11. The van der Waals surface area contributed by atoms with Gasteiger partial charge in [0.2, 0.25) is 0 Å². The second-order valence-corrected chi connectivity index (χ2v) is 10.2. The molecule has 0 saturated carbocycles. The molecule has 1 aromatic carbocycles. The van der Waals surface area contributed by atoms with Gasteiger partial charge in [-0.1, -0.05) is 53.7 Å². The van der Waals surface area contributed by atoms with E-state index in [-0.39, 0.29) is 37.3 Å². The van der Waals surface area contributed by atoms with Gasteiger partial charge in [0.1, 0.15) is 5.75 Å². The smallest absolute Gasteiger partial charge is 1.00 e. The van der Waals surface area contributed by atoms with Gasteiger partial charge in [-0.25, -0.2) is 0 Å². The van der Waals surface area contributed by atoms with E-state index in [9.17, 15) is 9.67 Å². The molecule has 140 valence electrons. The van der Waals surface area contributed by atoms with Crippen LogP contribution >= 0.6 is 7.60 Å². The summed E-state index contributed by atoms with van der Waals surface area (Å²) in [5.41, 5.74) is 2.13. The minimum absolute atomic E-state index is 0. The Kier molecular flexibility index (Phi) is 9.03. The van der Waals surface area contributed by atoms with Crippen LogP contribution in [0.2, 0.25) is 0 Å². The van der Waals surface area contributed by atoms with Crippen LogP contribution in [0.3, 0.4) is 0 Å². The molecule has 0 unspecified atom stereocenters. The van der Waals surface area contributed by atoms with E-state index in [1.165, 1.54) is 0 Å². The van der Waals surface area contributed by atoms with Crippen molar-refractivity contribution in [3.05, 3.63) is 28.8 Å². The van der Waals surface area contributed by atoms with Crippen LogP contribution in [0.1, 0.15) is 73.5 Å². The molecule has 0 amide bonds. The molecule has 6 heteroatoms. The van der Waals surface area contributed by atoms with E-state index in [1.54, 1.807) is 0 Å². The molecule has 0 atom stereocenters. The quantitative estimate of drug-likeness (QED) is 0.623. The number of benzene rings is 1. The van der Waals surface area contributed by atoms with Crippen LogP contribution in [0.25, 0.3) is 0 Å². The summed E-state index contributed by atoms with van der Waals surface area (Å²) in [7, 11) is -3.18. The summed E-state index contributed by atoms with van der Waals surface area (Å²) in [5, 5.41) is 10.8. The number of hydrogen-bond donors (Lipinski definition) is 1. The largest absolute Gasteiger partial charge is 1.00 e. The van der Waals surface area contributed by atoms with Gasteiger partial charge in [0, 0.05) is 0 Å². The zero-order valence-electron chi connectivity index (χ0n) is 18.4. The number of hydrogen-bond acceptors (Lipinski definition) is 4. The SMILES string of the molecule is CCOP(=O)(Cc1cc(C(C)(C)C)c(O)c(C(C)(C)C)c1)OCC.[H-].[Li+]. The van der Waals surface area contributed by atoms with Crippen LogP contribution in [-0.2, 0) is 30.6 Å². The molecule has 25 heavy (non-hydrogen) atoms. The molecule has 1 aromatic rings. The summed E-state index contributed by atoms with van der Waals surface area (Å²) in [6, 6.07) is 3.85. The Hall–Kier alpha value is -0.233. The van der Waals surface area contributed by atoms with Crippen molar-refractivity contribution >= 4 is 7.60 Å². The zero-order chi connectivity index (χ0) is 18.8. The Morgan fingerprint density at radius 2 is 1.32 bits per heavy atom. The van der Waals surface area contributed by atoms with Gasteiger partial charge in [-0.05, 0) is 41.4 Å². The van der Waals surface area contributed by atoms with E-state index >= 15 is 0 Å². The molecule has 0 aliphatic rings.